The Labute approximate surface area is 116 Å². The van der Waals surface area contributed by atoms with E-state index >= 15 is 0 Å². The van der Waals surface area contributed by atoms with Gasteiger partial charge in [0.1, 0.15) is 17.7 Å². The van der Waals surface area contributed by atoms with Crippen LogP contribution >= 0.6 is 0 Å². The number of aromatic nitrogens is 3. The van der Waals surface area contributed by atoms with Crippen molar-refractivity contribution < 1.29 is 9.53 Å². The SMILES string of the molecule is Cc1nccn1-c1ccc(NC(=O)C2CCCO2)cn1. The van der Waals surface area contributed by atoms with Crippen LogP contribution in [0.1, 0.15) is 18.7 Å². The standard InChI is InChI=1S/C14H16N4O2/c1-10-15-6-7-18(10)13-5-4-11(9-16-13)17-14(19)12-3-2-8-20-12/h4-7,9,12H,2-3,8H2,1H3,(H,17,19). The summed E-state index contributed by atoms with van der Waals surface area (Å²) in [5.41, 5.74) is 0.673. The highest BCUT2D eigenvalue weighted by Crippen LogP contribution is 2.16. The number of rotatable bonds is 3. The van der Waals surface area contributed by atoms with E-state index < -0.39 is 0 Å². The van der Waals surface area contributed by atoms with Gasteiger partial charge in [0.25, 0.3) is 5.91 Å². The molecular formula is C14H16N4O2. The minimum atomic E-state index is -0.328. The van der Waals surface area contributed by atoms with E-state index in [1.54, 1.807) is 12.4 Å². The summed E-state index contributed by atoms with van der Waals surface area (Å²) in [6.45, 7) is 2.57. The van der Waals surface area contributed by atoms with Gasteiger partial charge in [0.2, 0.25) is 0 Å². The molecule has 3 heterocycles. The Morgan fingerprint density at radius 2 is 2.35 bits per heavy atom. The molecule has 6 heteroatoms. The Hall–Kier alpha value is -2.21. The first kappa shape index (κ1) is 12.8. The lowest BCUT2D eigenvalue weighted by Crippen LogP contribution is -2.26. The van der Waals surface area contributed by atoms with E-state index in [1.165, 1.54) is 0 Å². The number of hydrogen-bond acceptors (Lipinski definition) is 4. The summed E-state index contributed by atoms with van der Waals surface area (Å²) in [5, 5.41) is 2.82. The van der Waals surface area contributed by atoms with Crippen LogP contribution in [0.15, 0.2) is 30.7 Å². The zero-order chi connectivity index (χ0) is 13.9. The second kappa shape index (κ2) is 5.42. The summed E-state index contributed by atoms with van der Waals surface area (Å²) >= 11 is 0. The fourth-order valence-electron chi connectivity index (χ4n) is 2.23. The lowest BCUT2D eigenvalue weighted by Gasteiger charge is -2.10. The van der Waals surface area contributed by atoms with E-state index in [1.807, 2.05) is 29.8 Å². The molecule has 1 fully saturated rings. The normalized spacial score (nSPS) is 18.1. The highest BCUT2D eigenvalue weighted by molar-refractivity contribution is 5.94. The van der Waals surface area contributed by atoms with Gasteiger partial charge in [-0.2, -0.15) is 0 Å². The van der Waals surface area contributed by atoms with Gasteiger partial charge in [0.05, 0.1) is 11.9 Å². The molecule has 0 spiro atoms. The van der Waals surface area contributed by atoms with E-state index in [-0.39, 0.29) is 12.0 Å². The quantitative estimate of drug-likeness (QED) is 0.923. The van der Waals surface area contributed by atoms with Crippen LogP contribution in [0, 0.1) is 6.92 Å². The number of aryl methyl sites for hydroxylation is 1. The predicted molar refractivity (Wildman–Crippen MR) is 73.7 cm³/mol. The first-order valence-electron chi connectivity index (χ1n) is 6.63. The van der Waals surface area contributed by atoms with Gasteiger partial charge in [0.15, 0.2) is 0 Å². The van der Waals surface area contributed by atoms with E-state index in [9.17, 15) is 4.79 Å². The number of imidazole rings is 1. The van der Waals surface area contributed by atoms with Crippen molar-refractivity contribution >= 4 is 11.6 Å². The maximum absolute atomic E-state index is 11.9. The molecule has 1 unspecified atom stereocenters. The average Bonchev–Trinajstić information content (AvgIpc) is 3.11. The molecule has 0 bridgehead atoms. The number of nitrogens with zero attached hydrogens (tertiary/aromatic N) is 3. The van der Waals surface area contributed by atoms with Crippen LogP contribution in [0.2, 0.25) is 0 Å². The summed E-state index contributed by atoms with van der Waals surface area (Å²) in [7, 11) is 0. The van der Waals surface area contributed by atoms with Crippen LogP contribution in [0.5, 0.6) is 0 Å². The second-order valence-electron chi connectivity index (χ2n) is 4.74. The van der Waals surface area contributed by atoms with Gasteiger partial charge < -0.3 is 10.1 Å². The van der Waals surface area contributed by atoms with Gasteiger partial charge in [-0.1, -0.05) is 0 Å². The van der Waals surface area contributed by atoms with Crippen LogP contribution in [-0.2, 0) is 9.53 Å². The van der Waals surface area contributed by atoms with Gasteiger partial charge >= 0.3 is 0 Å². The van der Waals surface area contributed by atoms with Crippen molar-refractivity contribution in [2.75, 3.05) is 11.9 Å². The zero-order valence-electron chi connectivity index (χ0n) is 11.2. The minimum absolute atomic E-state index is 0.101. The first-order chi connectivity index (χ1) is 9.74. The van der Waals surface area contributed by atoms with Crippen molar-refractivity contribution in [3.05, 3.63) is 36.5 Å². The second-order valence-corrected chi connectivity index (χ2v) is 4.74. The van der Waals surface area contributed by atoms with Gasteiger partial charge in [-0.25, -0.2) is 9.97 Å². The molecule has 6 nitrogen and oxygen atoms in total. The van der Waals surface area contributed by atoms with Crippen LogP contribution in [0.4, 0.5) is 5.69 Å². The highest BCUT2D eigenvalue weighted by Gasteiger charge is 2.23. The highest BCUT2D eigenvalue weighted by atomic mass is 16.5. The molecule has 2 aromatic rings. The van der Waals surface area contributed by atoms with Crippen molar-refractivity contribution in [3.8, 4) is 5.82 Å². The van der Waals surface area contributed by atoms with Crippen molar-refractivity contribution in [2.45, 2.75) is 25.9 Å². The summed E-state index contributed by atoms with van der Waals surface area (Å²) in [6, 6.07) is 3.68. The number of ether oxygens (including phenoxy) is 1. The topological polar surface area (TPSA) is 69.0 Å². The molecule has 1 aliphatic rings. The third-order valence-corrected chi connectivity index (χ3v) is 3.31. The Morgan fingerprint density at radius 1 is 1.45 bits per heavy atom. The minimum Gasteiger partial charge on any atom is -0.368 e. The van der Waals surface area contributed by atoms with E-state index in [0.29, 0.717) is 12.3 Å². The van der Waals surface area contributed by atoms with Gasteiger partial charge in [-0.05, 0) is 31.9 Å². The van der Waals surface area contributed by atoms with E-state index in [4.69, 9.17) is 4.74 Å². The lowest BCUT2D eigenvalue weighted by molar-refractivity contribution is -0.124. The first-order valence-corrected chi connectivity index (χ1v) is 6.63. The molecule has 1 saturated heterocycles. The number of nitrogens with one attached hydrogen (secondary N) is 1. The number of carbonyl (C=O) groups excluding carboxylic acids is 1. The summed E-state index contributed by atoms with van der Waals surface area (Å²) in [5.74, 6) is 1.54. The zero-order valence-corrected chi connectivity index (χ0v) is 11.2. The summed E-state index contributed by atoms with van der Waals surface area (Å²) < 4.78 is 7.22. The van der Waals surface area contributed by atoms with Gasteiger partial charge in [-0.15, -0.1) is 0 Å². The van der Waals surface area contributed by atoms with Crippen molar-refractivity contribution in [2.24, 2.45) is 0 Å². The monoisotopic (exact) mass is 272 g/mol. The molecule has 104 valence electrons. The summed E-state index contributed by atoms with van der Waals surface area (Å²) in [6.07, 6.45) is 6.61. The Balaban J connectivity index is 1.70. The van der Waals surface area contributed by atoms with Crippen molar-refractivity contribution in [3.63, 3.8) is 0 Å². The van der Waals surface area contributed by atoms with Crippen molar-refractivity contribution in [1.29, 1.82) is 0 Å². The molecule has 1 aliphatic heterocycles. The number of carbonyl (C=O) groups is 1. The molecular weight excluding hydrogens is 256 g/mol. The van der Waals surface area contributed by atoms with Crippen LogP contribution < -0.4 is 5.32 Å². The van der Waals surface area contributed by atoms with Crippen LogP contribution in [0.3, 0.4) is 0 Å². The third kappa shape index (κ3) is 2.55. The molecule has 0 saturated carbocycles. The molecule has 0 aliphatic carbocycles. The molecule has 1 N–H and O–H groups in total. The Kier molecular flexibility index (Phi) is 3.47. The molecule has 2 aromatic heterocycles. The summed E-state index contributed by atoms with van der Waals surface area (Å²) in [4.78, 5) is 20.4. The average molecular weight is 272 g/mol. The van der Waals surface area contributed by atoms with Gasteiger partial charge in [0, 0.05) is 19.0 Å². The lowest BCUT2D eigenvalue weighted by atomic mass is 10.2. The maximum atomic E-state index is 11.9. The van der Waals surface area contributed by atoms with E-state index in [0.717, 1.165) is 24.5 Å². The smallest absolute Gasteiger partial charge is 0.253 e. The fraction of sp³-hybridized carbons (Fsp3) is 0.357. The molecule has 1 amide bonds. The molecule has 3 rings (SSSR count). The van der Waals surface area contributed by atoms with Crippen LogP contribution in [0.25, 0.3) is 5.82 Å². The third-order valence-electron chi connectivity index (χ3n) is 3.31. The van der Waals surface area contributed by atoms with Gasteiger partial charge in [-0.3, -0.25) is 9.36 Å². The largest absolute Gasteiger partial charge is 0.368 e. The van der Waals surface area contributed by atoms with Crippen molar-refractivity contribution in [1.82, 2.24) is 14.5 Å². The molecule has 20 heavy (non-hydrogen) atoms. The Morgan fingerprint density at radius 3 is 2.95 bits per heavy atom. The van der Waals surface area contributed by atoms with Crippen LogP contribution in [-0.4, -0.2) is 33.2 Å². The fourth-order valence-corrected chi connectivity index (χ4v) is 2.23. The number of pyridine rings is 1. The number of anilines is 1. The number of amides is 1. The maximum Gasteiger partial charge on any atom is 0.253 e. The Bertz CT molecular complexity index is 600. The molecule has 0 radical (unpaired) electrons. The van der Waals surface area contributed by atoms with E-state index in [2.05, 4.69) is 15.3 Å². The molecule has 1 atom stereocenters. The molecule has 0 aromatic carbocycles. The predicted octanol–water partition coefficient (Wildman–Crippen LogP) is 1.69. The number of hydrogen-bond donors (Lipinski definition) is 1.